The minimum Gasteiger partial charge on any atom is -0.379 e. The van der Waals surface area contributed by atoms with Crippen LogP contribution in [0, 0.1) is 5.41 Å². The Morgan fingerprint density at radius 2 is 2.12 bits per heavy atom. The molecular weight excluding hydrogens is 232 g/mol. The van der Waals surface area contributed by atoms with Crippen molar-refractivity contribution in [1.29, 1.82) is 0 Å². The molecule has 3 aliphatic rings. The lowest BCUT2D eigenvalue weighted by molar-refractivity contribution is 0.177. The molecule has 1 aliphatic carbocycles. The van der Waals surface area contributed by atoms with E-state index in [1.54, 1.807) is 0 Å². The van der Waals surface area contributed by atoms with Gasteiger partial charge in [-0.1, -0.05) is 24.6 Å². The summed E-state index contributed by atoms with van der Waals surface area (Å²) in [6.07, 6.45) is 6.68. The zero-order valence-electron chi connectivity index (χ0n) is 10.6. The Bertz CT molecular complexity index is 317. The fourth-order valence-corrected chi connectivity index (χ4v) is 4.38. The van der Waals surface area contributed by atoms with Crippen LogP contribution in [-0.2, 0) is 4.74 Å². The highest BCUT2D eigenvalue weighted by Crippen LogP contribution is 2.43. The summed E-state index contributed by atoms with van der Waals surface area (Å²) in [5.74, 6) is 1.26. The van der Waals surface area contributed by atoms with Crippen LogP contribution in [0.2, 0.25) is 0 Å². The molecule has 1 unspecified atom stereocenters. The van der Waals surface area contributed by atoms with Crippen molar-refractivity contribution in [3.05, 3.63) is 0 Å². The Morgan fingerprint density at radius 3 is 2.71 bits per heavy atom. The molecule has 0 aromatic carbocycles. The van der Waals surface area contributed by atoms with Gasteiger partial charge >= 0.3 is 0 Å². The number of ether oxygens (including phenoxy) is 1. The number of nitrogens with one attached hydrogen (secondary N) is 1. The lowest BCUT2D eigenvalue weighted by Gasteiger charge is -2.34. The summed E-state index contributed by atoms with van der Waals surface area (Å²) in [4.78, 5) is 4.79. The average Bonchev–Trinajstić information content (AvgIpc) is 2.93. The van der Waals surface area contributed by atoms with Gasteiger partial charge in [-0.15, -0.1) is 0 Å². The van der Waals surface area contributed by atoms with Gasteiger partial charge in [-0.25, -0.2) is 0 Å². The van der Waals surface area contributed by atoms with Crippen molar-refractivity contribution in [2.75, 3.05) is 25.5 Å². The van der Waals surface area contributed by atoms with Crippen LogP contribution in [0.4, 0.5) is 0 Å². The molecule has 0 radical (unpaired) electrons. The summed E-state index contributed by atoms with van der Waals surface area (Å²) in [6, 6.07) is 0. The Morgan fingerprint density at radius 1 is 1.29 bits per heavy atom. The molecule has 2 heterocycles. The fraction of sp³-hybridized carbons (Fsp3) is 0.923. The molecule has 2 fully saturated rings. The summed E-state index contributed by atoms with van der Waals surface area (Å²) in [6.45, 7) is 4.98. The van der Waals surface area contributed by atoms with E-state index in [1.807, 2.05) is 11.8 Å². The van der Waals surface area contributed by atoms with Gasteiger partial charge in [-0.2, -0.15) is 0 Å². The highest BCUT2D eigenvalue weighted by molar-refractivity contribution is 8.13. The molecule has 1 N–H and O–H groups in total. The van der Waals surface area contributed by atoms with Crippen molar-refractivity contribution in [3.8, 4) is 0 Å². The third kappa shape index (κ3) is 2.48. The molecule has 3 nitrogen and oxygen atoms in total. The van der Waals surface area contributed by atoms with E-state index >= 15 is 0 Å². The number of hydrogen-bond acceptors (Lipinski definition) is 4. The van der Waals surface area contributed by atoms with E-state index in [2.05, 4.69) is 12.2 Å². The number of thioether (sulfide) groups is 1. The average molecular weight is 254 g/mol. The first-order valence-electron chi connectivity index (χ1n) is 6.73. The zero-order valence-corrected chi connectivity index (χ0v) is 11.4. The minimum atomic E-state index is 0.117. The predicted octanol–water partition coefficient (Wildman–Crippen LogP) is 2.42. The largest absolute Gasteiger partial charge is 0.379 e. The summed E-state index contributed by atoms with van der Waals surface area (Å²) in [5, 5.41) is 4.74. The molecule has 0 amide bonds. The third-order valence-electron chi connectivity index (χ3n) is 4.36. The van der Waals surface area contributed by atoms with Gasteiger partial charge in [0.05, 0.1) is 12.1 Å². The Balaban J connectivity index is 1.60. The first kappa shape index (κ1) is 11.8. The number of hydrogen-bond donors (Lipinski definition) is 1. The maximum absolute atomic E-state index is 5.47. The van der Waals surface area contributed by atoms with E-state index in [1.165, 1.54) is 31.4 Å². The zero-order chi connectivity index (χ0) is 11.8. The van der Waals surface area contributed by atoms with Crippen molar-refractivity contribution >= 4 is 16.9 Å². The second-order valence-electron chi connectivity index (χ2n) is 6.11. The topological polar surface area (TPSA) is 33.6 Å². The van der Waals surface area contributed by atoms with Crippen LogP contribution in [0.3, 0.4) is 0 Å². The van der Waals surface area contributed by atoms with E-state index in [0.717, 1.165) is 31.3 Å². The van der Waals surface area contributed by atoms with Crippen LogP contribution < -0.4 is 5.32 Å². The predicted molar refractivity (Wildman–Crippen MR) is 72.6 cm³/mol. The molecule has 0 bridgehead atoms. The van der Waals surface area contributed by atoms with E-state index in [9.17, 15) is 0 Å². The van der Waals surface area contributed by atoms with Crippen LogP contribution in [-0.4, -0.2) is 36.2 Å². The van der Waals surface area contributed by atoms with Crippen molar-refractivity contribution in [1.82, 2.24) is 5.32 Å². The molecule has 1 saturated heterocycles. The van der Waals surface area contributed by atoms with Crippen molar-refractivity contribution in [3.63, 3.8) is 0 Å². The lowest BCUT2D eigenvalue weighted by atomic mass is 9.89. The van der Waals surface area contributed by atoms with E-state index < -0.39 is 0 Å². The molecule has 96 valence electrons. The first-order valence-corrected chi connectivity index (χ1v) is 7.72. The summed E-state index contributed by atoms with van der Waals surface area (Å²) < 4.78 is 5.47. The van der Waals surface area contributed by atoms with Crippen molar-refractivity contribution in [2.24, 2.45) is 10.4 Å². The summed E-state index contributed by atoms with van der Waals surface area (Å²) in [7, 11) is 0. The molecule has 4 heteroatoms. The molecular formula is C13H22N2OS. The molecule has 2 aliphatic heterocycles. The van der Waals surface area contributed by atoms with E-state index in [4.69, 9.17) is 9.73 Å². The Kier molecular flexibility index (Phi) is 3.11. The van der Waals surface area contributed by atoms with Crippen molar-refractivity contribution < 1.29 is 4.74 Å². The van der Waals surface area contributed by atoms with Gasteiger partial charge in [-0.3, -0.25) is 4.99 Å². The molecule has 1 atom stereocenters. The number of aliphatic imine (C=N–C) groups is 1. The van der Waals surface area contributed by atoms with Crippen LogP contribution in [0.25, 0.3) is 0 Å². The van der Waals surface area contributed by atoms with Gasteiger partial charge < -0.3 is 10.1 Å². The van der Waals surface area contributed by atoms with Crippen LogP contribution in [0.1, 0.15) is 39.0 Å². The normalized spacial score (nSPS) is 36.2. The van der Waals surface area contributed by atoms with E-state index in [0.29, 0.717) is 5.41 Å². The maximum Gasteiger partial charge on any atom is 0.157 e. The molecule has 3 rings (SSSR count). The van der Waals surface area contributed by atoms with Gasteiger partial charge in [-0.05, 0) is 31.6 Å². The van der Waals surface area contributed by atoms with Crippen LogP contribution in [0.5, 0.6) is 0 Å². The van der Waals surface area contributed by atoms with Gasteiger partial charge in [0.25, 0.3) is 0 Å². The SMILES string of the molecule is CC1(NC2=NCC3(CCCC3)CS2)CCOC1. The van der Waals surface area contributed by atoms with Crippen LogP contribution in [0.15, 0.2) is 4.99 Å². The summed E-state index contributed by atoms with van der Waals surface area (Å²) >= 11 is 1.93. The highest BCUT2D eigenvalue weighted by Gasteiger charge is 2.38. The molecule has 1 saturated carbocycles. The third-order valence-corrected chi connectivity index (χ3v) is 5.63. The molecule has 0 aromatic rings. The second-order valence-corrected chi connectivity index (χ2v) is 7.07. The number of nitrogens with zero attached hydrogens (tertiary/aromatic N) is 1. The smallest absolute Gasteiger partial charge is 0.157 e. The van der Waals surface area contributed by atoms with E-state index in [-0.39, 0.29) is 5.54 Å². The molecule has 17 heavy (non-hydrogen) atoms. The summed E-state index contributed by atoms with van der Waals surface area (Å²) in [5.41, 5.74) is 0.662. The van der Waals surface area contributed by atoms with Gasteiger partial charge in [0.2, 0.25) is 0 Å². The Labute approximate surface area is 108 Å². The standard InChI is InChI=1S/C13H22N2OS/c1-12(6-7-16-9-12)15-11-14-8-13(10-17-11)4-2-3-5-13/h2-10H2,1H3,(H,14,15). The van der Waals surface area contributed by atoms with Gasteiger partial charge in [0.15, 0.2) is 5.17 Å². The van der Waals surface area contributed by atoms with Crippen LogP contribution >= 0.6 is 11.8 Å². The minimum absolute atomic E-state index is 0.117. The van der Waals surface area contributed by atoms with Gasteiger partial charge in [0, 0.05) is 18.9 Å². The van der Waals surface area contributed by atoms with Gasteiger partial charge in [0.1, 0.15) is 0 Å². The fourth-order valence-electron chi connectivity index (χ4n) is 3.08. The molecule has 0 aromatic heterocycles. The second kappa shape index (κ2) is 4.47. The lowest BCUT2D eigenvalue weighted by Crippen LogP contribution is -2.47. The van der Waals surface area contributed by atoms with Crippen molar-refractivity contribution in [2.45, 2.75) is 44.6 Å². The number of amidine groups is 1. The molecule has 1 spiro atoms. The monoisotopic (exact) mass is 254 g/mol. The highest BCUT2D eigenvalue weighted by atomic mass is 32.2. The maximum atomic E-state index is 5.47. The first-order chi connectivity index (χ1) is 8.20. The number of rotatable bonds is 1. The quantitative estimate of drug-likeness (QED) is 0.780. The Hall–Kier alpha value is -0.220.